The van der Waals surface area contributed by atoms with Crippen molar-refractivity contribution in [3.63, 3.8) is 0 Å². The van der Waals surface area contributed by atoms with Gasteiger partial charge < -0.3 is 16.4 Å². The summed E-state index contributed by atoms with van der Waals surface area (Å²) >= 11 is 0. The van der Waals surface area contributed by atoms with Gasteiger partial charge in [0, 0.05) is 18.5 Å². The number of nitrogen functional groups attached to an aromatic ring is 1. The van der Waals surface area contributed by atoms with E-state index in [9.17, 15) is 9.59 Å². The smallest absolute Gasteiger partial charge is 0.224 e. The highest BCUT2D eigenvalue weighted by atomic mass is 16.2. The summed E-state index contributed by atoms with van der Waals surface area (Å²) in [6.45, 7) is 4.22. The lowest BCUT2D eigenvalue weighted by Crippen LogP contribution is -2.22. The minimum Gasteiger partial charge on any atom is -0.397 e. The van der Waals surface area contributed by atoms with E-state index in [4.69, 9.17) is 5.73 Å². The molecule has 0 aromatic heterocycles. The molecule has 0 radical (unpaired) electrons. The fourth-order valence-electron chi connectivity index (χ4n) is 3.24. The van der Waals surface area contributed by atoms with Gasteiger partial charge in [-0.05, 0) is 63.3 Å². The predicted molar refractivity (Wildman–Crippen MR) is 120 cm³/mol. The van der Waals surface area contributed by atoms with E-state index in [1.807, 2.05) is 12.1 Å². The summed E-state index contributed by atoms with van der Waals surface area (Å²) in [4.78, 5) is 24.3. The minimum absolute atomic E-state index is 0.0258. The van der Waals surface area contributed by atoms with Crippen molar-refractivity contribution in [2.24, 2.45) is 0 Å². The largest absolute Gasteiger partial charge is 0.397 e. The van der Waals surface area contributed by atoms with E-state index >= 15 is 0 Å². The van der Waals surface area contributed by atoms with Gasteiger partial charge in [0.2, 0.25) is 11.8 Å². The van der Waals surface area contributed by atoms with E-state index in [1.165, 1.54) is 11.1 Å². The zero-order valence-corrected chi connectivity index (χ0v) is 17.6. The molecule has 0 bridgehead atoms. The molecule has 2 rings (SSSR count). The number of unbranched alkanes of at least 4 members (excludes halogenated alkanes) is 2. The van der Waals surface area contributed by atoms with Gasteiger partial charge in [0.15, 0.2) is 0 Å². The van der Waals surface area contributed by atoms with E-state index < -0.39 is 0 Å². The molecule has 0 heterocycles. The van der Waals surface area contributed by atoms with Crippen LogP contribution >= 0.6 is 0 Å². The Morgan fingerprint density at radius 1 is 1.00 bits per heavy atom. The van der Waals surface area contributed by atoms with Crippen molar-refractivity contribution < 1.29 is 9.59 Å². The molecule has 0 aliphatic heterocycles. The normalized spacial score (nSPS) is 14.1. The Balaban J connectivity index is 1.69. The van der Waals surface area contributed by atoms with Crippen LogP contribution < -0.4 is 16.4 Å². The molecule has 0 spiro atoms. The molecular weight excluding hydrogens is 362 g/mol. The highest BCUT2D eigenvalue weighted by molar-refractivity contribution is 5.93. The summed E-state index contributed by atoms with van der Waals surface area (Å²) in [6, 6.07) is 7.22. The molecule has 5 heteroatoms. The Morgan fingerprint density at radius 2 is 1.69 bits per heavy atom. The molecule has 1 aromatic carbocycles. The fourth-order valence-corrected chi connectivity index (χ4v) is 3.24. The number of allylic oxidation sites excluding steroid dienone is 5. The number of carbonyl (C=O) groups is 2. The summed E-state index contributed by atoms with van der Waals surface area (Å²) in [6.07, 6.45) is 12.6. The van der Waals surface area contributed by atoms with Crippen LogP contribution in [-0.2, 0) is 9.59 Å². The van der Waals surface area contributed by atoms with Crippen LogP contribution in [0.15, 0.2) is 59.3 Å². The zero-order chi connectivity index (χ0) is 21.1. The lowest BCUT2D eigenvalue weighted by atomic mass is 10.0. The van der Waals surface area contributed by atoms with Gasteiger partial charge >= 0.3 is 0 Å². The summed E-state index contributed by atoms with van der Waals surface area (Å²) < 4.78 is 0. The molecule has 2 amide bonds. The first kappa shape index (κ1) is 22.5. The van der Waals surface area contributed by atoms with E-state index in [-0.39, 0.29) is 11.8 Å². The molecule has 156 valence electrons. The van der Waals surface area contributed by atoms with Crippen molar-refractivity contribution in [1.29, 1.82) is 0 Å². The maximum atomic E-state index is 12.3. The monoisotopic (exact) mass is 395 g/mol. The first-order valence-corrected chi connectivity index (χ1v) is 10.5. The van der Waals surface area contributed by atoms with E-state index in [0.717, 1.165) is 44.2 Å². The molecule has 0 atom stereocenters. The average Bonchev–Trinajstić information content (AvgIpc) is 2.67. The fraction of sp³-hybridized carbons (Fsp3) is 0.417. The van der Waals surface area contributed by atoms with Crippen LogP contribution in [0.4, 0.5) is 11.4 Å². The van der Waals surface area contributed by atoms with Gasteiger partial charge in [-0.25, -0.2) is 0 Å². The molecular formula is C24H33N3O2. The molecule has 5 nitrogen and oxygen atoms in total. The number of nitrogens with two attached hydrogens (primary N) is 1. The zero-order valence-electron chi connectivity index (χ0n) is 17.6. The number of carbonyl (C=O) groups excluding carboxylic acids is 2. The molecule has 4 N–H and O–H groups in total. The van der Waals surface area contributed by atoms with Gasteiger partial charge in [-0.1, -0.05) is 42.7 Å². The third kappa shape index (κ3) is 8.38. The van der Waals surface area contributed by atoms with Crippen LogP contribution in [0.2, 0.25) is 0 Å². The molecule has 0 saturated carbocycles. The summed E-state index contributed by atoms with van der Waals surface area (Å²) in [7, 11) is 0. The Kier molecular flexibility index (Phi) is 9.22. The van der Waals surface area contributed by atoms with Crippen molar-refractivity contribution in [2.75, 3.05) is 11.1 Å². The average molecular weight is 396 g/mol. The number of nitrogens with one attached hydrogen (secondary N) is 2. The molecule has 1 aromatic rings. The second-order valence-corrected chi connectivity index (χ2v) is 7.51. The molecule has 29 heavy (non-hydrogen) atoms. The van der Waals surface area contributed by atoms with Crippen LogP contribution in [0.25, 0.3) is 0 Å². The second kappa shape index (κ2) is 11.9. The number of benzene rings is 1. The van der Waals surface area contributed by atoms with Crippen LogP contribution in [-0.4, -0.2) is 11.8 Å². The second-order valence-electron chi connectivity index (χ2n) is 7.51. The number of hydrogen-bond donors (Lipinski definition) is 3. The maximum Gasteiger partial charge on any atom is 0.224 e. The topological polar surface area (TPSA) is 84.2 Å². The number of anilines is 2. The first-order chi connectivity index (χ1) is 14.0. The van der Waals surface area contributed by atoms with Crippen LogP contribution in [0, 0.1) is 0 Å². The lowest BCUT2D eigenvalue weighted by molar-refractivity contribution is -0.120. The van der Waals surface area contributed by atoms with Crippen LogP contribution in [0.3, 0.4) is 0 Å². The van der Waals surface area contributed by atoms with Gasteiger partial charge in [0.25, 0.3) is 0 Å². The summed E-state index contributed by atoms with van der Waals surface area (Å²) in [5.74, 6) is -0.0237. The quantitative estimate of drug-likeness (QED) is 0.395. The highest BCUT2D eigenvalue weighted by Gasteiger charge is 2.08. The van der Waals surface area contributed by atoms with E-state index in [1.54, 1.807) is 12.1 Å². The van der Waals surface area contributed by atoms with E-state index in [0.29, 0.717) is 24.2 Å². The van der Waals surface area contributed by atoms with Crippen molar-refractivity contribution in [3.05, 3.63) is 59.3 Å². The van der Waals surface area contributed by atoms with Crippen molar-refractivity contribution in [3.8, 4) is 0 Å². The number of rotatable bonds is 9. The van der Waals surface area contributed by atoms with Crippen molar-refractivity contribution >= 4 is 23.2 Å². The van der Waals surface area contributed by atoms with Crippen molar-refractivity contribution in [2.45, 2.75) is 65.2 Å². The summed E-state index contributed by atoms with van der Waals surface area (Å²) in [5.41, 5.74) is 10.4. The van der Waals surface area contributed by atoms with Crippen molar-refractivity contribution in [1.82, 2.24) is 5.32 Å². The Labute approximate surface area is 174 Å². The SMILES string of the molecule is CCC1=CCCC(C)=CC(NC(=O)CCCCCC(=O)Nc2ccccc2N)=C1. The van der Waals surface area contributed by atoms with E-state index in [2.05, 4.69) is 42.7 Å². The number of hydrogen-bond acceptors (Lipinski definition) is 3. The Bertz CT molecular complexity index is 806. The number of para-hydroxylation sites is 2. The standard InChI is InChI=1S/C24H33N3O2/c1-3-19-11-9-10-18(2)16-20(17-19)26-23(28)14-5-4-6-15-24(29)27-22-13-8-7-12-21(22)25/h7-8,11-13,16-17H,3-6,9-10,14-15,25H2,1-2H3,(H,26,28)(H,27,29). The maximum absolute atomic E-state index is 12.3. The predicted octanol–water partition coefficient (Wildman–Crippen LogP) is 5.23. The van der Waals surface area contributed by atoms with Gasteiger partial charge in [0.1, 0.15) is 0 Å². The molecule has 0 saturated heterocycles. The van der Waals surface area contributed by atoms with Gasteiger partial charge in [-0.2, -0.15) is 0 Å². The molecule has 0 fully saturated rings. The van der Waals surface area contributed by atoms with Gasteiger partial charge in [-0.15, -0.1) is 0 Å². The molecule has 1 aliphatic carbocycles. The molecule has 0 unspecified atom stereocenters. The third-order valence-electron chi connectivity index (χ3n) is 4.92. The first-order valence-electron chi connectivity index (χ1n) is 10.5. The number of amides is 2. The van der Waals surface area contributed by atoms with Gasteiger partial charge in [-0.3, -0.25) is 9.59 Å². The summed E-state index contributed by atoms with van der Waals surface area (Å²) in [5, 5.41) is 5.86. The molecule has 1 aliphatic rings. The Morgan fingerprint density at radius 3 is 2.38 bits per heavy atom. The highest BCUT2D eigenvalue weighted by Crippen LogP contribution is 2.18. The Hall–Kier alpha value is -2.82. The lowest BCUT2D eigenvalue weighted by Gasteiger charge is -2.12. The minimum atomic E-state index is -0.0495. The van der Waals surface area contributed by atoms with Gasteiger partial charge in [0.05, 0.1) is 11.4 Å². The van der Waals surface area contributed by atoms with Crippen LogP contribution in [0.1, 0.15) is 65.2 Å². The van der Waals surface area contributed by atoms with Crippen LogP contribution in [0.5, 0.6) is 0 Å². The third-order valence-corrected chi connectivity index (χ3v) is 4.92.